The summed E-state index contributed by atoms with van der Waals surface area (Å²) in [5.41, 5.74) is -1.59. The number of rotatable bonds is 8. The molecule has 1 aromatic heterocycles. The van der Waals surface area contributed by atoms with Crippen molar-refractivity contribution in [1.82, 2.24) is 20.2 Å². The zero-order chi connectivity index (χ0) is 27.9. The number of halogens is 1. The summed E-state index contributed by atoms with van der Waals surface area (Å²) in [5, 5.41) is 4.45. The normalized spacial score (nSPS) is 12.6. The van der Waals surface area contributed by atoms with Crippen LogP contribution in [0.3, 0.4) is 0 Å². The van der Waals surface area contributed by atoms with Crippen molar-refractivity contribution < 1.29 is 32.2 Å². The average molecular weight is 568 g/mol. The first-order valence-electron chi connectivity index (χ1n) is 11.3. The van der Waals surface area contributed by atoms with Crippen LogP contribution in [0.2, 0.25) is 25.7 Å². The molecule has 1 rings (SSSR count). The number of carbonyl (C=O) groups excluding carboxylic acids is 2. The van der Waals surface area contributed by atoms with Gasteiger partial charge in [0.15, 0.2) is 5.03 Å². The lowest BCUT2D eigenvalue weighted by Gasteiger charge is -2.22. The van der Waals surface area contributed by atoms with Gasteiger partial charge >= 0.3 is 12.2 Å². The Morgan fingerprint density at radius 2 is 1.56 bits per heavy atom. The summed E-state index contributed by atoms with van der Waals surface area (Å²) >= 11 is 0. The topological polar surface area (TPSA) is 150 Å². The highest BCUT2D eigenvalue weighted by Crippen LogP contribution is 2.18. The summed E-state index contributed by atoms with van der Waals surface area (Å²) in [7, 11) is 0.0843. The van der Waals surface area contributed by atoms with Gasteiger partial charge < -0.3 is 14.2 Å². The second-order valence-corrected chi connectivity index (χ2v) is 19.3. The van der Waals surface area contributed by atoms with E-state index in [0.29, 0.717) is 6.61 Å². The molecule has 2 N–H and O–H groups in total. The minimum atomic E-state index is -4.12. The molecule has 206 valence electrons. The van der Waals surface area contributed by atoms with E-state index in [1.165, 1.54) is 4.57 Å². The fourth-order valence-corrected chi connectivity index (χ4v) is 4.18. The summed E-state index contributed by atoms with van der Waals surface area (Å²) in [6, 6.07) is 0.877. The summed E-state index contributed by atoms with van der Waals surface area (Å²) in [6.45, 7) is 16.7. The molecule has 1 aromatic rings. The number of nitrogens with one attached hydrogen (secondary N) is 2. The largest absolute Gasteiger partial charge is 0.444 e. The molecule has 0 aliphatic heterocycles. The molecule has 0 aliphatic rings. The number of nitrogens with zero attached hydrogens (tertiary/aromatic N) is 3. The van der Waals surface area contributed by atoms with E-state index in [0.717, 1.165) is 12.2 Å². The third-order valence-electron chi connectivity index (χ3n) is 3.99. The monoisotopic (exact) mass is 567 g/mol. The molecule has 0 atom stereocenters. The smallest absolute Gasteiger partial charge is 0.414 e. The summed E-state index contributed by atoms with van der Waals surface area (Å²) in [5.74, 6) is -0.0975. The van der Waals surface area contributed by atoms with Crippen molar-refractivity contribution in [2.75, 3.05) is 6.61 Å². The van der Waals surface area contributed by atoms with Crippen LogP contribution in [0, 0.1) is 0 Å². The quantitative estimate of drug-likeness (QED) is 0.157. The molecule has 0 fully saturated rings. The first-order chi connectivity index (χ1) is 16.2. The predicted octanol–water partition coefficient (Wildman–Crippen LogP) is 4.03. The lowest BCUT2D eigenvalue weighted by Crippen LogP contribution is -2.47. The maximum atomic E-state index is 12.3. The molecule has 0 saturated heterocycles. The highest BCUT2D eigenvalue weighted by Gasteiger charge is 2.23. The fourth-order valence-electron chi connectivity index (χ4n) is 2.45. The van der Waals surface area contributed by atoms with Gasteiger partial charge in [0.2, 0.25) is 5.96 Å². The molecule has 1 heterocycles. The van der Waals surface area contributed by atoms with Crippen molar-refractivity contribution in [1.29, 1.82) is 0 Å². The number of ether oxygens (including phenoxy) is 3. The number of guanidine groups is 1. The van der Waals surface area contributed by atoms with Crippen LogP contribution in [0.1, 0.15) is 47.4 Å². The Hall–Kier alpha value is -2.16. The van der Waals surface area contributed by atoms with Gasteiger partial charge in [-0.25, -0.2) is 28.0 Å². The molecule has 0 spiro atoms. The molecule has 0 bridgehead atoms. The Balaban J connectivity index is 3.18. The second-order valence-electron chi connectivity index (χ2n) is 11.1. The molecule has 36 heavy (non-hydrogen) atoms. The highest BCUT2D eigenvalue weighted by molar-refractivity contribution is 8.13. The Morgan fingerprint density at radius 3 is 1.97 bits per heavy atom. The molecule has 0 aromatic carbocycles. The van der Waals surface area contributed by atoms with E-state index < -0.39 is 40.5 Å². The molecule has 0 saturated carbocycles. The third kappa shape index (κ3) is 13.2. The summed E-state index contributed by atoms with van der Waals surface area (Å²) in [6.07, 6.45) is -0.629. The molecular weight excluding hydrogens is 530 g/mol. The Morgan fingerprint density at radius 1 is 1.06 bits per heavy atom. The minimum Gasteiger partial charge on any atom is -0.444 e. The highest BCUT2D eigenvalue weighted by atomic mass is 35.7. The zero-order valence-electron chi connectivity index (χ0n) is 22.4. The first kappa shape index (κ1) is 31.9. The number of carbonyl (C=O) groups is 2. The van der Waals surface area contributed by atoms with Crippen molar-refractivity contribution in [3.8, 4) is 0 Å². The number of hydrogen-bond acceptors (Lipinski definition) is 9. The van der Waals surface area contributed by atoms with E-state index in [9.17, 15) is 18.0 Å². The molecule has 12 nitrogen and oxygen atoms in total. The van der Waals surface area contributed by atoms with E-state index in [1.54, 1.807) is 41.5 Å². The average Bonchev–Trinajstić information content (AvgIpc) is 3.02. The second kappa shape index (κ2) is 12.4. The van der Waals surface area contributed by atoms with Gasteiger partial charge in [0.1, 0.15) is 30.3 Å². The van der Waals surface area contributed by atoms with Crippen LogP contribution in [0.15, 0.2) is 16.2 Å². The molecule has 0 radical (unpaired) electrons. The van der Waals surface area contributed by atoms with Gasteiger partial charge in [-0.2, -0.15) is 0 Å². The van der Waals surface area contributed by atoms with Crippen LogP contribution < -0.4 is 10.6 Å². The number of amides is 2. The maximum absolute atomic E-state index is 12.3. The van der Waals surface area contributed by atoms with Crippen molar-refractivity contribution >= 4 is 46.0 Å². The van der Waals surface area contributed by atoms with Crippen LogP contribution in [-0.4, -0.2) is 62.0 Å². The molecule has 15 heteroatoms. The molecular formula is C21H38ClN5O7SSi. The van der Waals surface area contributed by atoms with Gasteiger partial charge in [0, 0.05) is 25.4 Å². The molecule has 0 unspecified atom stereocenters. The Labute approximate surface area is 218 Å². The first-order valence-corrected chi connectivity index (χ1v) is 17.3. The minimum absolute atomic E-state index is 0.120. The number of hydrogen-bond donors (Lipinski definition) is 2. The van der Waals surface area contributed by atoms with E-state index in [4.69, 9.17) is 24.9 Å². The lowest BCUT2D eigenvalue weighted by molar-refractivity contribution is 0.0544. The van der Waals surface area contributed by atoms with Crippen LogP contribution in [-0.2, 0) is 36.5 Å². The number of alkyl carbamates (subject to hydrolysis) is 2. The van der Waals surface area contributed by atoms with Gasteiger partial charge in [-0.1, -0.05) is 19.6 Å². The van der Waals surface area contributed by atoms with E-state index in [-0.39, 0.29) is 30.1 Å². The van der Waals surface area contributed by atoms with Crippen LogP contribution in [0.25, 0.3) is 0 Å². The van der Waals surface area contributed by atoms with Gasteiger partial charge in [-0.05, 0) is 47.6 Å². The van der Waals surface area contributed by atoms with Crippen molar-refractivity contribution in [3.63, 3.8) is 0 Å². The van der Waals surface area contributed by atoms with Crippen molar-refractivity contribution in [3.05, 3.63) is 12.0 Å². The standard InChI is InChI=1S/C21H38ClN5O7SSi/c1-20(2,3)33-18(28)25-17(26-19(29)34-21(4,5)6)24-12-15-23-13-16(35(22,30)31)27(15)14-32-10-11-36(7,8)9/h13H,10-12,14H2,1-9H3,(H2,24,25,26,28,29). The van der Waals surface area contributed by atoms with Crippen LogP contribution in [0.4, 0.5) is 9.59 Å². The van der Waals surface area contributed by atoms with E-state index in [2.05, 4.69) is 40.3 Å². The summed E-state index contributed by atoms with van der Waals surface area (Å²) in [4.78, 5) is 32.8. The number of imidazole rings is 1. The molecule has 0 aliphatic carbocycles. The van der Waals surface area contributed by atoms with Gasteiger partial charge in [0.25, 0.3) is 9.05 Å². The predicted molar refractivity (Wildman–Crippen MR) is 139 cm³/mol. The lowest BCUT2D eigenvalue weighted by atomic mass is 10.2. The summed E-state index contributed by atoms with van der Waals surface area (Å²) < 4.78 is 41.4. The van der Waals surface area contributed by atoms with Gasteiger partial charge in [-0.15, -0.1) is 0 Å². The SMILES string of the molecule is CC(C)(C)OC(=O)NC(=NCc1ncc(S(=O)(=O)Cl)n1COCC[Si](C)(C)C)NC(=O)OC(C)(C)C. The van der Waals surface area contributed by atoms with Crippen molar-refractivity contribution in [2.45, 2.75) is 96.7 Å². The molecule has 2 amide bonds. The van der Waals surface area contributed by atoms with E-state index in [1.807, 2.05) is 0 Å². The number of aliphatic imine (C=N–C) groups is 1. The maximum Gasteiger partial charge on any atom is 0.414 e. The van der Waals surface area contributed by atoms with Gasteiger partial charge in [-0.3, -0.25) is 15.2 Å². The Bertz CT molecular complexity index is 1020. The Kier molecular flexibility index (Phi) is 11.0. The van der Waals surface area contributed by atoms with Crippen molar-refractivity contribution in [2.24, 2.45) is 4.99 Å². The van der Waals surface area contributed by atoms with Gasteiger partial charge in [0.05, 0.1) is 6.20 Å². The van der Waals surface area contributed by atoms with E-state index >= 15 is 0 Å². The van der Waals surface area contributed by atoms with Crippen LogP contribution >= 0.6 is 10.7 Å². The zero-order valence-corrected chi connectivity index (χ0v) is 25.0. The van der Waals surface area contributed by atoms with Crippen LogP contribution in [0.5, 0.6) is 0 Å². The number of aromatic nitrogens is 2. The fraction of sp³-hybridized carbons (Fsp3) is 0.714. The third-order valence-corrected chi connectivity index (χ3v) is 6.99.